The number of pyridine rings is 3. The normalized spacial score (nSPS) is 13.1. The van der Waals surface area contributed by atoms with Crippen LogP contribution in [0.3, 0.4) is 0 Å². The molecule has 4 aromatic heterocycles. The number of benzene rings is 3. The third-order valence-electron chi connectivity index (χ3n) is 8.59. The summed E-state index contributed by atoms with van der Waals surface area (Å²) in [5.74, 6) is -1.28. The van der Waals surface area contributed by atoms with Gasteiger partial charge in [-0.25, -0.2) is 0 Å². The number of fused-ring (bicyclic) bond motifs is 3. The van der Waals surface area contributed by atoms with Gasteiger partial charge in [-0.05, 0) is 83.7 Å². The van der Waals surface area contributed by atoms with Crippen molar-refractivity contribution in [1.29, 1.82) is 0 Å². The van der Waals surface area contributed by atoms with Crippen LogP contribution in [0.25, 0.3) is 55.7 Å². The second-order valence-electron chi connectivity index (χ2n) is 13.7. The number of hydrogen-bond acceptors (Lipinski definition) is 4. The van der Waals surface area contributed by atoms with E-state index in [1.54, 1.807) is 24.4 Å². The Morgan fingerprint density at radius 3 is 2.28 bits per heavy atom. The van der Waals surface area contributed by atoms with E-state index >= 15 is 0 Å². The smallest absolute Gasteiger partial charge is 0.218 e. The molecule has 0 atom stereocenters. The molecule has 0 saturated carbocycles. The average Bonchev–Trinajstić information content (AvgIpc) is 3.45. The summed E-state index contributed by atoms with van der Waals surface area (Å²) >= 11 is 0. The average molecular weight is 860 g/mol. The van der Waals surface area contributed by atoms with Crippen LogP contribution < -0.4 is 5.19 Å². The maximum atomic E-state index is 13.5. The molecule has 0 unspecified atom stereocenters. The van der Waals surface area contributed by atoms with Gasteiger partial charge in [0.05, 0.1) is 13.7 Å². The van der Waals surface area contributed by atoms with Gasteiger partial charge in [0.15, 0.2) is 0 Å². The first-order valence-corrected chi connectivity index (χ1v) is 19.8. The van der Waals surface area contributed by atoms with Crippen LogP contribution in [0.4, 0.5) is 4.39 Å². The van der Waals surface area contributed by atoms with E-state index in [0.29, 0.717) is 5.58 Å². The zero-order valence-corrected chi connectivity index (χ0v) is 32.9. The third-order valence-corrected chi connectivity index (χ3v) is 10.6. The van der Waals surface area contributed by atoms with Crippen LogP contribution in [0.15, 0.2) is 89.6 Å². The van der Waals surface area contributed by atoms with Crippen molar-refractivity contribution in [3.8, 4) is 33.6 Å². The monoisotopic (exact) mass is 860 g/mol. The Morgan fingerprint density at radius 1 is 0.860 bits per heavy atom. The number of aryl methyl sites for hydroxylation is 4. The number of hydrogen-bond donors (Lipinski definition) is 0. The first-order chi connectivity index (χ1) is 24.8. The molecule has 7 rings (SSSR count). The summed E-state index contributed by atoms with van der Waals surface area (Å²) in [6.07, 6.45) is 3.69. The van der Waals surface area contributed by atoms with Crippen LogP contribution in [0.1, 0.15) is 53.0 Å². The predicted molar refractivity (Wildman–Crippen MR) is 204 cm³/mol. The van der Waals surface area contributed by atoms with Crippen molar-refractivity contribution in [2.24, 2.45) is 0 Å². The van der Waals surface area contributed by atoms with Crippen molar-refractivity contribution >= 4 is 35.3 Å². The standard InChI is InChI=1S/C25H18FN2O.C18H24NSi.Ir/c1-14-11-15(2)23(16(3)12-14)17-9-10-27-21(13-17)20-6-4-5-18-19-7-8-22(26)28-25(19)29-24(18)20;1-13(2)16-11-17(15-9-7-14(3)8-10-15)19-12-18(16)20(4,5)6;/h4-5,7-13H,1-3H3;7-9,11-13H,1-6H3;/q2*-1;/i;3D3,13D;. The minimum atomic E-state index is -2.13. The molecule has 1 radical (unpaired) electrons. The first-order valence-electron chi connectivity index (χ1n) is 18.3. The third kappa shape index (κ3) is 7.71. The van der Waals surface area contributed by atoms with Crippen molar-refractivity contribution < 1.29 is 34.4 Å². The van der Waals surface area contributed by atoms with Gasteiger partial charge in [-0.2, -0.15) is 9.37 Å². The van der Waals surface area contributed by atoms with E-state index in [4.69, 9.17) is 9.90 Å². The summed E-state index contributed by atoms with van der Waals surface area (Å²) < 4.78 is 50.2. The number of nitrogens with zero attached hydrogens (tertiary/aromatic N) is 3. The molecule has 0 aliphatic carbocycles. The summed E-state index contributed by atoms with van der Waals surface area (Å²) in [5, 5.41) is 2.83. The summed E-state index contributed by atoms with van der Waals surface area (Å²) in [6.45, 7) is 14.7. The van der Waals surface area contributed by atoms with Gasteiger partial charge in [-0.15, -0.1) is 53.6 Å². The maximum Gasteiger partial charge on any atom is 0.218 e. The molecule has 0 spiro atoms. The van der Waals surface area contributed by atoms with Gasteiger partial charge in [-0.1, -0.05) is 86.7 Å². The molecule has 3 aromatic carbocycles. The molecule has 0 aliphatic rings. The number of rotatable bonds is 5. The molecular weight excluding hydrogens is 814 g/mol. The van der Waals surface area contributed by atoms with Gasteiger partial charge >= 0.3 is 0 Å². The zero-order valence-electron chi connectivity index (χ0n) is 33.5. The topological polar surface area (TPSA) is 51.8 Å². The Balaban J connectivity index is 0.000000208. The predicted octanol–water partition coefficient (Wildman–Crippen LogP) is 11.1. The molecule has 7 heteroatoms. The first kappa shape index (κ1) is 31.7. The molecule has 50 heavy (non-hydrogen) atoms. The Labute approximate surface area is 315 Å². The molecule has 257 valence electrons. The second-order valence-corrected chi connectivity index (χ2v) is 18.8. The zero-order chi connectivity index (χ0) is 38.5. The van der Waals surface area contributed by atoms with Crippen molar-refractivity contribution in [1.82, 2.24) is 15.0 Å². The van der Waals surface area contributed by atoms with Crippen molar-refractivity contribution in [3.63, 3.8) is 0 Å². The fourth-order valence-corrected chi connectivity index (χ4v) is 7.93. The quantitative estimate of drug-likeness (QED) is 0.0983. The van der Waals surface area contributed by atoms with Gasteiger partial charge in [0.2, 0.25) is 11.7 Å². The van der Waals surface area contributed by atoms with Gasteiger partial charge in [0.25, 0.3) is 0 Å². The number of furan rings is 1. The van der Waals surface area contributed by atoms with Crippen LogP contribution in [-0.4, -0.2) is 23.0 Å². The van der Waals surface area contributed by atoms with E-state index in [1.807, 2.05) is 44.3 Å². The summed E-state index contributed by atoms with van der Waals surface area (Å²) in [7, 11) is -1.61. The van der Waals surface area contributed by atoms with Crippen molar-refractivity contribution in [2.75, 3.05) is 0 Å². The Morgan fingerprint density at radius 2 is 1.62 bits per heavy atom. The van der Waals surface area contributed by atoms with Gasteiger partial charge in [0, 0.05) is 43.4 Å². The second kappa shape index (κ2) is 14.9. The van der Waals surface area contributed by atoms with Crippen LogP contribution in [0.5, 0.6) is 0 Å². The fourth-order valence-electron chi connectivity index (χ4n) is 6.35. The van der Waals surface area contributed by atoms with Crippen LogP contribution >= 0.6 is 0 Å². The number of halogens is 1. The van der Waals surface area contributed by atoms with Crippen LogP contribution in [0, 0.1) is 45.7 Å². The van der Waals surface area contributed by atoms with E-state index in [2.05, 4.69) is 85.7 Å². The van der Waals surface area contributed by atoms with Crippen LogP contribution in [-0.2, 0) is 20.1 Å². The molecular formula is C43H42FIrN3OSi-2. The van der Waals surface area contributed by atoms with Crippen molar-refractivity contribution in [2.45, 2.75) is 67.0 Å². The largest absolute Gasteiger partial charge is 0.486 e. The van der Waals surface area contributed by atoms with E-state index in [1.165, 1.54) is 39.6 Å². The van der Waals surface area contributed by atoms with E-state index in [-0.39, 0.29) is 31.4 Å². The Kier molecular flexibility index (Phi) is 9.44. The maximum absolute atomic E-state index is 13.5. The minimum absolute atomic E-state index is 0. The summed E-state index contributed by atoms with van der Waals surface area (Å²) in [4.78, 5) is 13.0. The van der Waals surface area contributed by atoms with Gasteiger partial charge < -0.3 is 14.4 Å². The molecule has 7 aromatic rings. The van der Waals surface area contributed by atoms with E-state index in [9.17, 15) is 4.39 Å². The summed E-state index contributed by atoms with van der Waals surface area (Å²) in [6, 6.07) is 28.3. The Hall–Kier alpha value is -4.29. The van der Waals surface area contributed by atoms with E-state index in [0.717, 1.165) is 44.4 Å². The number of aromatic nitrogens is 3. The SMILES string of the molecule is Cc1cc(C)c(-c2ccnc(-c3[c-]ccc4c3oc3nc(F)ccc34)c2)c(C)c1.[2H]C([2H])([2H])c1c[c-]c(-c2cc(C([2H])(C)C)c([Si](C)(C)C)cn2)cc1.[Ir]. The minimum Gasteiger partial charge on any atom is -0.486 e. The molecule has 0 amide bonds. The van der Waals surface area contributed by atoms with E-state index < -0.39 is 26.8 Å². The fraction of sp³-hybridized carbons (Fsp3) is 0.233. The molecule has 4 nitrogen and oxygen atoms in total. The summed E-state index contributed by atoms with van der Waals surface area (Å²) in [5.41, 5.74) is 11.1. The molecule has 0 bridgehead atoms. The van der Waals surface area contributed by atoms with Crippen LogP contribution in [0.2, 0.25) is 19.6 Å². The molecule has 0 aliphatic heterocycles. The molecule has 4 heterocycles. The van der Waals surface area contributed by atoms with Gasteiger partial charge in [-0.3, -0.25) is 0 Å². The van der Waals surface area contributed by atoms with Gasteiger partial charge in [0.1, 0.15) is 0 Å². The Bertz CT molecular complexity index is 2450. The molecule has 0 N–H and O–H groups in total. The molecule has 0 fully saturated rings. The van der Waals surface area contributed by atoms with Crippen molar-refractivity contribution in [3.05, 3.63) is 131 Å². The molecule has 0 saturated heterocycles.